The maximum atomic E-state index is 13.0. The van der Waals surface area contributed by atoms with E-state index in [0.29, 0.717) is 17.1 Å². The standard InChI is InChI=1S/C16H20N2O5S/c1-16(2,3)23-15(19)18(12-8-4-5-9-12)24(21,22)14-11-7-6-10-13(14)17-20/h4,6-8,10-12H,5,9H2,1-3H3. The van der Waals surface area contributed by atoms with Gasteiger partial charge < -0.3 is 4.74 Å². The molecule has 0 bridgehead atoms. The summed E-state index contributed by atoms with van der Waals surface area (Å²) >= 11 is 0. The first-order chi connectivity index (χ1) is 11.2. The Morgan fingerprint density at radius 1 is 1.29 bits per heavy atom. The van der Waals surface area contributed by atoms with Crippen LogP contribution in [-0.4, -0.2) is 30.5 Å². The lowest BCUT2D eigenvalue weighted by Gasteiger charge is -2.30. The smallest absolute Gasteiger partial charge is 0.424 e. The average molecular weight is 352 g/mol. The van der Waals surface area contributed by atoms with Crippen LogP contribution in [0.3, 0.4) is 0 Å². The van der Waals surface area contributed by atoms with E-state index in [9.17, 15) is 18.1 Å². The maximum Gasteiger partial charge on any atom is 0.424 e. The van der Waals surface area contributed by atoms with E-state index in [2.05, 4.69) is 5.18 Å². The van der Waals surface area contributed by atoms with Crippen LogP contribution in [0.4, 0.5) is 10.5 Å². The van der Waals surface area contributed by atoms with Gasteiger partial charge in [0, 0.05) is 0 Å². The summed E-state index contributed by atoms with van der Waals surface area (Å²) in [6, 6.07) is 4.87. The van der Waals surface area contributed by atoms with Crippen molar-refractivity contribution in [1.29, 1.82) is 0 Å². The molecule has 0 aliphatic heterocycles. The van der Waals surface area contributed by atoms with E-state index in [-0.39, 0.29) is 10.6 Å². The molecule has 7 nitrogen and oxygen atoms in total. The molecule has 0 saturated heterocycles. The van der Waals surface area contributed by atoms with Crippen LogP contribution in [-0.2, 0) is 14.8 Å². The van der Waals surface area contributed by atoms with Gasteiger partial charge in [0.05, 0.1) is 6.04 Å². The largest absolute Gasteiger partial charge is 0.443 e. The monoisotopic (exact) mass is 352 g/mol. The zero-order valence-electron chi connectivity index (χ0n) is 13.8. The van der Waals surface area contributed by atoms with Crippen molar-refractivity contribution >= 4 is 21.8 Å². The number of nitroso groups, excluding NO2 is 1. The fourth-order valence-electron chi connectivity index (χ4n) is 2.39. The van der Waals surface area contributed by atoms with E-state index in [1.54, 1.807) is 32.9 Å². The molecule has 24 heavy (non-hydrogen) atoms. The molecule has 8 heteroatoms. The highest BCUT2D eigenvalue weighted by Crippen LogP contribution is 2.31. The molecule has 1 aliphatic carbocycles. The quantitative estimate of drug-likeness (QED) is 0.608. The normalized spacial score (nSPS) is 17.5. The molecule has 130 valence electrons. The van der Waals surface area contributed by atoms with Gasteiger partial charge >= 0.3 is 6.09 Å². The van der Waals surface area contributed by atoms with Crippen molar-refractivity contribution in [3.63, 3.8) is 0 Å². The Bertz CT molecular complexity index is 765. The predicted octanol–water partition coefficient (Wildman–Crippen LogP) is 3.73. The van der Waals surface area contributed by atoms with Crippen molar-refractivity contribution in [2.45, 2.75) is 50.2 Å². The Morgan fingerprint density at radius 3 is 2.50 bits per heavy atom. The van der Waals surface area contributed by atoms with Crippen LogP contribution in [0.5, 0.6) is 0 Å². The van der Waals surface area contributed by atoms with E-state index >= 15 is 0 Å². The van der Waals surface area contributed by atoms with E-state index in [1.807, 2.05) is 0 Å². The molecule has 1 aliphatic rings. The summed E-state index contributed by atoms with van der Waals surface area (Å²) in [4.78, 5) is 23.2. The second-order valence-corrected chi connectivity index (χ2v) is 8.20. The van der Waals surface area contributed by atoms with Gasteiger partial charge in [0.25, 0.3) is 10.0 Å². The predicted molar refractivity (Wildman–Crippen MR) is 89.3 cm³/mol. The van der Waals surface area contributed by atoms with E-state index < -0.39 is 27.8 Å². The van der Waals surface area contributed by atoms with Crippen LogP contribution < -0.4 is 0 Å². The average Bonchev–Trinajstić information content (AvgIpc) is 2.98. The maximum absolute atomic E-state index is 13.0. The fourth-order valence-corrected chi connectivity index (χ4v) is 3.99. The summed E-state index contributed by atoms with van der Waals surface area (Å²) in [5, 5.41) is 2.75. The molecule has 0 spiro atoms. The summed E-state index contributed by atoms with van der Waals surface area (Å²) in [5.74, 6) is 0. The van der Waals surface area contributed by atoms with Crippen molar-refractivity contribution in [3.8, 4) is 0 Å². The molecule has 0 heterocycles. The summed E-state index contributed by atoms with van der Waals surface area (Å²) < 4.78 is 32.0. The van der Waals surface area contributed by atoms with Crippen LogP contribution in [0.15, 0.2) is 46.5 Å². The SMILES string of the molecule is CC(C)(C)OC(=O)N(C1C=CCC1)S(=O)(=O)c1ccccc1N=O. The number of hydrogen-bond donors (Lipinski definition) is 0. The number of allylic oxidation sites excluding steroid dienone is 1. The lowest BCUT2D eigenvalue weighted by Crippen LogP contribution is -2.45. The third-order valence-corrected chi connectivity index (χ3v) is 5.20. The minimum atomic E-state index is -4.29. The minimum absolute atomic E-state index is 0.243. The van der Waals surface area contributed by atoms with Gasteiger partial charge in [-0.2, -0.15) is 4.31 Å². The topological polar surface area (TPSA) is 93.1 Å². The lowest BCUT2D eigenvalue weighted by atomic mass is 10.2. The van der Waals surface area contributed by atoms with Gasteiger partial charge in [0.15, 0.2) is 0 Å². The summed E-state index contributed by atoms with van der Waals surface area (Å²) in [7, 11) is -4.29. The van der Waals surface area contributed by atoms with Crippen LogP contribution >= 0.6 is 0 Å². The Labute approximate surface area is 141 Å². The third kappa shape index (κ3) is 3.81. The number of sulfonamides is 1. The number of rotatable bonds is 4. The van der Waals surface area contributed by atoms with Gasteiger partial charge in [-0.1, -0.05) is 24.3 Å². The molecule has 2 rings (SSSR count). The Kier molecular flexibility index (Phi) is 5.08. The number of carbonyl (C=O) groups excluding carboxylic acids is 1. The van der Waals surface area contributed by atoms with Crippen molar-refractivity contribution < 1.29 is 17.9 Å². The second kappa shape index (κ2) is 6.72. The second-order valence-electron chi connectivity index (χ2n) is 6.41. The number of carbonyl (C=O) groups is 1. The summed E-state index contributed by atoms with van der Waals surface area (Å²) in [6.07, 6.45) is 3.61. The van der Waals surface area contributed by atoms with Crippen LogP contribution in [0.2, 0.25) is 0 Å². The molecule has 0 aromatic heterocycles. The summed E-state index contributed by atoms with van der Waals surface area (Å²) in [6.45, 7) is 4.96. The van der Waals surface area contributed by atoms with Crippen molar-refractivity contribution in [1.82, 2.24) is 4.31 Å². The highest BCUT2D eigenvalue weighted by molar-refractivity contribution is 7.89. The molecular formula is C16H20N2O5S. The first kappa shape index (κ1) is 18.1. The molecular weight excluding hydrogens is 332 g/mol. The van der Waals surface area contributed by atoms with E-state index in [1.165, 1.54) is 24.3 Å². The Morgan fingerprint density at radius 2 is 1.96 bits per heavy atom. The first-order valence-electron chi connectivity index (χ1n) is 7.53. The van der Waals surface area contributed by atoms with Gasteiger partial charge in [0.2, 0.25) is 0 Å². The molecule has 1 atom stereocenters. The molecule has 0 fully saturated rings. The van der Waals surface area contributed by atoms with Crippen molar-refractivity contribution in [2.24, 2.45) is 5.18 Å². The fraction of sp³-hybridized carbons (Fsp3) is 0.438. The van der Waals surface area contributed by atoms with Gasteiger partial charge in [-0.05, 0) is 50.9 Å². The Balaban J connectivity index is 2.51. The molecule has 1 aromatic carbocycles. The number of hydrogen-bond acceptors (Lipinski definition) is 6. The zero-order valence-corrected chi connectivity index (χ0v) is 14.6. The first-order valence-corrected chi connectivity index (χ1v) is 8.97. The van der Waals surface area contributed by atoms with Gasteiger partial charge in [-0.25, -0.2) is 13.2 Å². The molecule has 1 aromatic rings. The highest BCUT2D eigenvalue weighted by Gasteiger charge is 2.39. The number of nitrogens with zero attached hydrogens (tertiary/aromatic N) is 2. The van der Waals surface area contributed by atoms with E-state index in [4.69, 9.17) is 4.74 Å². The number of benzene rings is 1. The van der Waals surface area contributed by atoms with Crippen LogP contribution in [0.25, 0.3) is 0 Å². The summed E-state index contributed by atoms with van der Waals surface area (Å²) in [5.41, 5.74) is -1.09. The Hall–Kier alpha value is -2.22. The van der Waals surface area contributed by atoms with Crippen molar-refractivity contribution in [2.75, 3.05) is 0 Å². The highest BCUT2D eigenvalue weighted by atomic mass is 32.2. The van der Waals surface area contributed by atoms with Crippen LogP contribution in [0, 0.1) is 4.91 Å². The van der Waals surface area contributed by atoms with Crippen molar-refractivity contribution in [3.05, 3.63) is 41.3 Å². The van der Waals surface area contributed by atoms with Gasteiger partial charge in [-0.3, -0.25) is 0 Å². The third-order valence-electron chi connectivity index (χ3n) is 3.36. The molecule has 1 unspecified atom stereocenters. The number of ether oxygens (including phenoxy) is 1. The molecule has 0 saturated carbocycles. The number of amides is 1. The molecule has 0 radical (unpaired) electrons. The minimum Gasteiger partial charge on any atom is -0.443 e. The lowest BCUT2D eigenvalue weighted by molar-refractivity contribution is 0.0361. The van der Waals surface area contributed by atoms with Gasteiger partial charge in [0.1, 0.15) is 16.2 Å². The van der Waals surface area contributed by atoms with Crippen LogP contribution in [0.1, 0.15) is 33.6 Å². The molecule has 1 amide bonds. The van der Waals surface area contributed by atoms with Gasteiger partial charge in [-0.15, -0.1) is 4.91 Å². The zero-order chi connectivity index (χ0) is 18.0. The van der Waals surface area contributed by atoms with E-state index in [0.717, 1.165) is 0 Å². The molecule has 0 N–H and O–H groups in total.